The van der Waals surface area contributed by atoms with Crippen LogP contribution >= 0.6 is 24.8 Å². The van der Waals surface area contributed by atoms with Crippen LogP contribution in [-0.2, 0) is 4.79 Å². The maximum Gasteiger partial charge on any atom is 0.226 e. The van der Waals surface area contributed by atoms with E-state index in [9.17, 15) is 4.79 Å². The number of likely N-dealkylation sites (tertiary alicyclic amines) is 1. The first kappa shape index (κ1) is 20.0. The molecule has 2 saturated heterocycles. The Morgan fingerprint density at radius 1 is 1.15 bits per heavy atom. The van der Waals surface area contributed by atoms with Crippen molar-refractivity contribution in [3.05, 3.63) is 0 Å². The van der Waals surface area contributed by atoms with Crippen LogP contribution in [0, 0.1) is 5.92 Å². The van der Waals surface area contributed by atoms with E-state index in [1.165, 1.54) is 0 Å². The largest absolute Gasteiger partial charge is 0.337 e. The minimum Gasteiger partial charge on any atom is -0.337 e. The second-order valence-corrected chi connectivity index (χ2v) is 5.99. The minimum atomic E-state index is 0. The van der Waals surface area contributed by atoms with Gasteiger partial charge in [-0.05, 0) is 46.7 Å². The zero-order chi connectivity index (χ0) is 13.1. The van der Waals surface area contributed by atoms with Gasteiger partial charge in [-0.25, -0.2) is 0 Å². The lowest BCUT2D eigenvalue weighted by atomic mass is 9.93. The highest BCUT2D eigenvalue weighted by molar-refractivity contribution is 5.85. The molecule has 0 aliphatic carbocycles. The number of carbonyl (C=O) groups is 1. The van der Waals surface area contributed by atoms with E-state index in [1.54, 1.807) is 0 Å². The van der Waals surface area contributed by atoms with Crippen molar-refractivity contribution in [1.82, 2.24) is 15.1 Å². The molecule has 4 nitrogen and oxygen atoms in total. The molecule has 1 atom stereocenters. The smallest absolute Gasteiger partial charge is 0.226 e. The van der Waals surface area contributed by atoms with Gasteiger partial charge >= 0.3 is 0 Å². The second-order valence-electron chi connectivity index (χ2n) is 5.99. The van der Waals surface area contributed by atoms with Gasteiger partial charge in [0.2, 0.25) is 5.91 Å². The average Bonchev–Trinajstić information content (AvgIpc) is 2.38. The lowest BCUT2D eigenvalue weighted by Crippen LogP contribution is -2.55. The van der Waals surface area contributed by atoms with Crippen molar-refractivity contribution in [3.8, 4) is 0 Å². The molecule has 1 N–H and O–H groups in total. The van der Waals surface area contributed by atoms with Gasteiger partial charge in [0, 0.05) is 37.6 Å². The van der Waals surface area contributed by atoms with E-state index in [1.807, 2.05) is 0 Å². The molecule has 2 aliphatic heterocycles. The Balaban J connectivity index is 0.00000180. The third-order valence-electron chi connectivity index (χ3n) is 4.39. The monoisotopic (exact) mass is 325 g/mol. The molecule has 2 aliphatic rings. The summed E-state index contributed by atoms with van der Waals surface area (Å²) in [7, 11) is 0. The normalized spacial score (nSPS) is 25.0. The molecule has 0 aromatic heterocycles. The minimum absolute atomic E-state index is 0. The first-order valence-corrected chi connectivity index (χ1v) is 7.35. The summed E-state index contributed by atoms with van der Waals surface area (Å²) < 4.78 is 0. The number of amides is 1. The van der Waals surface area contributed by atoms with Gasteiger partial charge in [-0.2, -0.15) is 0 Å². The van der Waals surface area contributed by atoms with E-state index < -0.39 is 0 Å². The number of halogens is 2. The highest BCUT2D eigenvalue weighted by Crippen LogP contribution is 2.22. The van der Waals surface area contributed by atoms with Crippen molar-refractivity contribution in [2.24, 2.45) is 5.92 Å². The van der Waals surface area contributed by atoms with Crippen LogP contribution in [0.25, 0.3) is 0 Å². The van der Waals surface area contributed by atoms with Gasteiger partial charge in [0.1, 0.15) is 0 Å². The Hall–Kier alpha value is -0.0300. The molecule has 0 aromatic carbocycles. The molecule has 1 amide bonds. The number of hydrogen-bond donors (Lipinski definition) is 1. The molecule has 2 rings (SSSR count). The van der Waals surface area contributed by atoms with Crippen LogP contribution in [0.5, 0.6) is 0 Å². The topological polar surface area (TPSA) is 35.6 Å². The number of hydrogen-bond acceptors (Lipinski definition) is 3. The summed E-state index contributed by atoms with van der Waals surface area (Å²) in [5.74, 6) is 0.660. The number of carbonyl (C=O) groups excluding carboxylic acids is 1. The third kappa shape index (κ3) is 4.76. The summed E-state index contributed by atoms with van der Waals surface area (Å²) >= 11 is 0. The molecule has 0 radical (unpaired) electrons. The fraction of sp³-hybridized carbons (Fsp3) is 0.929. The number of piperazine rings is 1. The summed E-state index contributed by atoms with van der Waals surface area (Å²) in [6.45, 7) is 11.5. The fourth-order valence-corrected chi connectivity index (χ4v) is 3.07. The molecule has 0 spiro atoms. The zero-order valence-corrected chi connectivity index (χ0v) is 14.4. The number of piperidine rings is 1. The van der Waals surface area contributed by atoms with Crippen molar-refractivity contribution in [2.75, 3.05) is 32.7 Å². The molecule has 6 heteroatoms. The van der Waals surface area contributed by atoms with Crippen LogP contribution in [0.1, 0.15) is 33.6 Å². The predicted molar refractivity (Wildman–Crippen MR) is 88.0 cm³/mol. The van der Waals surface area contributed by atoms with Crippen LogP contribution in [0.3, 0.4) is 0 Å². The lowest BCUT2D eigenvalue weighted by molar-refractivity contribution is -0.140. The van der Waals surface area contributed by atoms with Crippen LogP contribution < -0.4 is 5.32 Å². The van der Waals surface area contributed by atoms with Gasteiger partial charge in [-0.3, -0.25) is 4.79 Å². The number of rotatable bonds is 2. The van der Waals surface area contributed by atoms with Gasteiger partial charge in [0.05, 0.1) is 0 Å². The van der Waals surface area contributed by atoms with E-state index in [0.717, 1.165) is 45.6 Å². The van der Waals surface area contributed by atoms with Crippen LogP contribution in [0.2, 0.25) is 0 Å². The maximum absolute atomic E-state index is 12.5. The Morgan fingerprint density at radius 3 is 2.25 bits per heavy atom. The molecule has 120 valence electrons. The molecule has 0 unspecified atom stereocenters. The van der Waals surface area contributed by atoms with E-state index >= 15 is 0 Å². The van der Waals surface area contributed by atoms with E-state index in [2.05, 4.69) is 35.9 Å². The standard InChI is InChI=1S/C14H27N3O.2ClH/c1-11(2)16-7-4-13(5-8-16)14(18)17-9-6-15-10-12(17)3;;/h11-13,15H,4-10H2,1-3H3;2*1H/t12-;;/m1../s1. The molecule has 0 bridgehead atoms. The molecule has 0 saturated carbocycles. The maximum atomic E-state index is 12.5. The fourth-order valence-electron chi connectivity index (χ4n) is 3.07. The first-order chi connectivity index (χ1) is 8.59. The molecule has 20 heavy (non-hydrogen) atoms. The van der Waals surface area contributed by atoms with Crippen molar-refractivity contribution < 1.29 is 4.79 Å². The SMILES string of the molecule is CC(C)N1CCC(C(=O)N2CCNC[C@H]2C)CC1.Cl.Cl. The number of nitrogens with one attached hydrogen (secondary N) is 1. The number of nitrogens with zero attached hydrogens (tertiary/aromatic N) is 2. The highest BCUT2D eigenvalue weighted by Gasteiger charge is 2.32. The van der Waals surface area contributed by atoms with Crippen molar-refractivity contribution in [1.29, 1.82) is 0 Å². The van der Waals surface area contributed by atoms with Crippen molar-refractivity contribution in [3.63, 3.8) is 0 Å². The van der Waals surface area contributed by atoms with E-state index in [-0.39, 0.29) is 30.7 Å². The van der Waals surface area contributed by atoms with Crippen LogP contribution in [-0.4, -0.2) is 60.5 Å². The summed E-state index contributed by atoms with van der Waals surface area (Å²) in [5, 5.41) is 3.34. The molecular weight excluding hydrogens is 297 g/mol. The summed E-state index contributed by atoms with van der Waals surface area (Å²) in [6, 6.07) is 0.966. The average molecular weight is 326 g/mol. The summed E-state index contributed by atoms with van der Waals surface area (Å²) in [4.78, 5) is 17.1. The molecular formula is C14H29Cl2N3O. The Labute approximate surface area is 135 Å². The first-order valence-electron chi connectivity index (χ1n) is 7.35. The van der Waals surface area contributed by atoms with Gasteiger partial charge in [-0.15, -0.1) is 24.8 Å². The molecule has 0 aromatic rings. The Kier molecular flexibility index (Phi) is 9.07. The second kappa shape index (κ2) is 9.08. The molecule has 2 fully saturated rings. The van der Waals surface area contributed by atoms with Gasteiger partial charge in [-0.1, -0.05) is 0 Å². The van der Waals surface area contributed by atoms with E-state index in [0.29, 0.717) is 18.0 Å². The Bertz CT molecular complexity index is 294. The quantitative estimate of drug-likeness (QED) is 0.840. The zero-order valence-electron chi connectivity index (χ0n) is 12.8. The summed E-state index contributed by atoms with van der Waals surface area (Å²) in [6.07, 6.45) is 2.07. The van der Waals surface area contributed by atoms with Crippen LogP contribution in [0.4, 0.5) is 0 Å². The molecule has 2 heterocycles. The Morgan fingerprint density at radius 2 is 1.75 bits per heavy atom. The van der Waals surface area contributed by atoms with Crippen molar-refractivity contribution in [2.45, 2.75) is 45.7 Å². The third-order valence-corrected chi connectivity index (χ3v) is 4.39. The lowest BCUT2D eigenvalue weighted by Gasteiger charge is -2.39. The predicted octanol–water partition coefficient (Wildman–Crippen LogP) is 1.77. The van der Waals surface area contributed by atoms with Crippen molar-refractivity contribution >= 4 is 30.7 Å². The van der Waals surface area contributed by atoms with Crippen LogP contribution in [0.15, 0.2) is 0 Å². The van der Waals surface area contributed by atoms with Gasteiger partial charge in [0.15, 0.2) is 0 Å². The highest BCUT2D eigenvalue weighted by atomic mass is 35.5. The van der Waals surface area contributed by atoms with E-state index in [4.69, 9.17) is 0 Å². The van der Waals surface area contributed by atoms with Gasteiger partial charge < -0.3 is 15.1 Å². The van der Waals surface area contributed by atoms with Gasteiger partial charge in [0.25, 0.3) is 0 Å². The summed E-state index contributed by atoms with van der Waals surface area (Å²) in [5.41, 5.74) is 0.